The molecule has 81 heavy (non-hydrogen) atoms. The quantitative estimate of drug-likeness (QED) is 0.0307. The highest BCUT2D eigenvalue weighted by atomic mass is 79.9. The molecule has 0 saturated heterocycles. The maximum absolute atomic E-state index is 12.5. The molecule has 0 radical (unpaired) electrons. The molecule has 0 aliphatic carbocycles. The number of benzene rings is 6. The van der Waals surface area contributed by atoms with Crippen LogP contribution in [0.1, 0.15) is 73.3 Å². The van der Waals surface area contributed by atoms with Gasteiger partial charge in [-0.15, -0.1) is 0 Å². The second kappa shape index (κ2) is 29.0. The van der Waals surface area contributed by atoms with Gasteiger partial charge in [0, 0.05) is 8.95 Å². The Hall–Kier alpha value is -10.1. The molecule has 0 fully saturated rings. The SMILES string of the molecule is Cc1cccc(NC(=O)O)c1C(=O)OC(=O)c1c(C)cccc1NC(=O)O.O=C(O)Nc1cccc(Br)c1C(=O)OC(=O)c1c(Br)cccc1NC(=O)O.O=C(O)Nc1cccc(Cl)c1C(=O)OC(=O)c1c(Cl)cccc1NC(=O)O. The number of hydrogen-bond acceptors (Lipinski definition) is 15. The van der Waals surface area contributed by atoms with E-state index in [1.54, 1.807) is 26.0 Å². The average molecular weight is 1290 g/mol. The summed E-state index contributed by atoms with van der Waals surface area (Å²) in [6.45, 7) is 3.11. The van der Waals surface area contributed by atoms with E-state index in [0.29, 0.717) is 11.1 Å². The lowest BCUT2D eigenvalue weighted by Crippen LogP contribution is -2.20. The van der Waals surface area contributed by atoms with Crippen LogP contribution in [0.4, 0.5) is 62.9 Å². The first-order valence-electron chi connectivity index (χ1n) is 21.7. The Morgan fingerprint density at radius 3 is 0.778 bits per heavy atom. The van der Waals surface area contributed by atoms with Crippen molar-refractivity contribution in [2.45, 2.75) is 13.8 Å². The number of nitrogens with one attached hydrogen (secondary N) is 6. The van der Waals surface area contributed by atoms with E-state index >= 15 is 0 Å². The molecule has 12 N–H and O–H groups in total. The standard InChI is InChI=1S/C18H16N2O7.C16H10Br2N2O7.C16H10Cl2N2O7/c1-9-5-3-7-11(19-17(23)24)13(9)15(21)27-16(22)14-10(2)6-4-8-12(14)20-18(25)26;2*17-7-3-1-5-9(19-15(23)24)11(7)13(21)27-14(22)12-8(18)4-2-6-10(12)20-16(25)26/h3-8,19-20H,1-2H3,(H,23,24)(H,25,26);2*1-6,19-20H,(H,23,24)(H,25,26). The van der Waals surface area contributed by atoms with Crippen LogP contribution >= 0.6 is 55.1 Å². The lowest BCUT2D eigenvalue weighted by Gasteiger charge is -2.13. The van der Waals surface area contributed by atoms with E-state index in [0.717, 1.165) is 0 Å². The molecule has 6 rings (SSSR count). The van der Waals surface area contributed by atoms with Gasteiger partial charge in [-0.25, -0.2) is 57.5 Å². The van der Waals surface area contributed by atoms with Crippen molar-refractivity contribution >= 4 is 162 Å². The lowest BCUT2D eigenvalue weighted by molar-refractivity contribution is 0.0380. The van der Waals surface area contributed by atoms with Crippen LogP contribution in [-0.4, -0.2) is 103 Å². The molecule has 0 unspecified atom stereocenters. The summed E-state index contributed by atoms with van der Waals surface area (Å²) in [6, 6.07) is 25.3. The first kappa shape index (κ1) is 63.4. The zero-order valence-corrected chi connectivity index (χ0v) is 45.4. The van der Waals surface area contributed by atoms with Crippen molar-refractivity contribution in [3.8, 4) is 0 Å². The highest BCUT2D eigenvalue weighted by Crippen LogP contribution is 2.32. The van der Waals surface area contributed by atoms with E-state index in [9.17, 15) is 57.5 Å². The van der Waals surface area contributed by atoms with Crippen molar-refractivity contribution < 1.29 is 102 Å². The minimum Gasteiger partial charge on any atom is -0.465 e. The molecule has 0 saturated carbocycles. The molecule has 0 spiro atoms. The Bertz CT molecular complexity index is 2970. The number of carbonyl (C=O) groups is 12. The Kier molecular flexibility index (Phi) is 22.7. The number of anilines is 6. The van der Waals surface area contributed by atoms with E-state index in [-0.39, 0.29) is 75.4 Å². The predicted octanol–water partition coefficient (Wildman–Crippen LogP) is 12.0. The van der Waals surface area contributed by atoms with Crippen LogP contribution in [-0.2, 0) is 14.2 Å². The highest BCUT2D eigenvalue weighted by Gasteiger charge is 2.28. The smallest absolute Gasteiger partial charge is 0.409 e. The van der Waals surface area contributed by atoms with Crippen LogP contribution in [0.3, 0.4) is 0 Å². The summed E-state index contributed by atoms with van der Waals surface area (Å²) in [5.74, 6) is -6.90. The van der Waals surface area contributed by atoms with Crippen molar-refractivity contribution in [2.75, 3.05) is 31.9 Å². The van der Waals surface area contributed by atoms with Crippen LogP contribution in [0.2, 0.25) is 10.0 Å². The summed E-state index contributed by atoms with van der Waals surface area (Å²) in [6.07, 6.45) is -8.51. The van der Waals surface area contributed by atoms with Gasteiger partial charge < -0.3 is 44.8 Å². The van der Waals surface area contributed by atoms with E-state index in [4.69, 9.17) is 68.1 Å². The molecular weight excluding hydrogens is 1250 g/mol. The number of aryl methyl sites for hydroxylation is 2. The van der Waals surface area contributed by atoms with Gasteiger partial charge in [0.1, 0.15) is 11.1 Å². The molecule has 0 aliphatic rings. The fourth-order valence-electron chi connectivity index (χ4n) is 6.68. The number of esters is 6. The first-order chi connectivity index (χ1) is 38.1. The molecule has 0 aromatic heterocycles. The van der Waals surface area contributed by atoms with Crippen molar-refractivity contribution in [1.29, 1.82) is 0 Å². The van der Waals surface area contributed by atoms with E-state index in [1.165, 1.54) is 97.1 Å². The normalized spacial score (nSPS) is 10.0. The van der Waals surface area contributed by atoms with Gasteiger partial charge in [-0.2, -0.15) is 0 Å². The minimum atomic E-state index is -1.46. The monoisotopic (exact) mass is 1280 g/mol. The van der Waals surface area contributed by atoms with Gasteiger partial charge in [-0.05, 0) is 117 Å². The van der Waals surface area contributed by atoms with Crippen LogP contribution in [0.5, 0.6) is 0 Å². The molecule has 27 nitrogen and oxygen atoms in total. The summed E-state index contributed by atoms with van der Waals surface area (Å²) in [7, 11) is 0. The van der Waals surface area contributed by atoms with Crippen LogP contribution < -0.4 is 31.9 Å². The number of carbonyl (C=O) groups excluding carboxylic acids is 6. The van der Waals surface area contributed by atoms with Gasteiger partial charge in [0.25, 0.3) is 0 Å². The third-order valence-electron chi connectivity index (χ3n) is 9.83. The summed E-state index contributed by atoms with van der Waals surface area (Å²) >= 11 is 18.0. The molecule has 6 aromatic carbocycles. The topological polar surface area (TPSA) is 426 Å². The van der Waals surface area contributed by atoms with E-state index in [2.05, 4.69) is 42.5 Å². The lowest BCUT2D eigenvalue weighted by atomic mass is 10.1. The Balaban J connectivity index is 0.000000261. The summed E-state index contributed by atoms with van der Waals surface area (Å²) < 4.78 is 14.8. The molecule has 6 aromatic rings. The van der Waals surface area contributed by atoms with E-state index < -0.39 is 83.5 Å². The van der Waals surface area contributed by atoms with E-state index in [1.807, 2.05) is 21.3 Å². The molecule has 6 amide bonds. The third kappa shape index (κ3) is 18.0. The molecule has 31 heteroatoms. The maximum Gasteiger partial charge on any atom is 0.409 e. The summed E-state index contributed by atoms with van der Waals surface area (Å²) in [5, 5.41) is 65.0. The molecule has 0 bridgehead atoms. The van der Waals surface area contributed by atoms with Gasteiger partial charge in [0.05, 0.1) is 66.4 Å². The molecule has 0 atom stereocenters. The van der Waals surface area contributed by atoms with Crippen LogP contribution in [0.25, 0.3) is 0 Å². The number of carboxylic acid groups (broad SMARTS) is 6. The molecule has 0 aliphatic heterocycles. The number of rotatable bonds is 12. The van der Waals surface area contributed by atoms with Gasteiger partial charge in [-0.1, -0.05) is 71.7 Å². The average Bonchev–Trinajstić information content (AvgIpc) is 3.39. The molecule has 420 valence electrons. The number of hydrogen-bond donors (Lipinski definition) is 12. The first-order valence-corrected chi connectivity index (χ1v) is 24.1. The van der Waals surface area contributed by atoms with Gasteiger partial charge >= 0.3 is 72.4 Å². The largest absolute Gasteiger partial charge is 0.465 e. The van der Waals surface area contributed by atoms with Crippen molar-refractivity contribution in [1.82, 2.24) is 0 Å². The second-order valence-corrected chi connectivity index (χ2v) is 17.8. The van der Waals surface area contributed by atoms with Gasteiger partial charge in [0.2, 0.25) is 0 Å². The van der Waals surface area contributed by atoms with Gasteiger partial charge in [0.15, 0.2) is 0 Å². The minimum absolute atomic E-state index is 0.0334. The maximum atomic E-state index is 12.5. The van der Waals surface area contributed by atoms with Crippen molar-refractivity contribution in [2.24, 2.45) is 0 Å². The zero-order valence-electron chi connectivity index (χ0n) is 40.7. The Morgan fingerprint density at radius 1 is 0.321 bits per heavy atom. The van der Waals surface area contributed by atoms with Crippen LogP contribution in [0.15, 0.2) is 118 Å². The zero-order chi connectivity index (χ0) is 60.4. The molecule has 0 heterocycles. The summed E-state index contributed by atoms with van der Waals surface area (Å²) in [5.41, 5.74) is -1.30. The molecular formula is C50H36Br2Cl2N6O21. The van der Waals surface area contributed by atoms with Crippen molar-refractivity contribution in [3.05, 3.63) is 173 Å². The Labute approximate surface area is 480 Å². The number of ether oxygens (including phenoxy) is 3. The third-order valence-corrected chi connectivity index (χ3v) is 11.8. The van der Waals surface area contributed by atoms with Gasteiger partial charge in [-0.3, -0.25) is 31.9 Å². The van der Waals surface area contributed by atoms with Crippen molar-refractivity contribution in [3.63, 3.8) is 0 Å². The Morgan fingerprint density at radius 2 is 0.519 bits per heavy atom. The fraction of sp³-hybridized carbons (Fsp3) is 0.0400. The number of amides is 6. The summed E-state index contributed by atoms with van der Waals surface area (Å²) in [4.78, 5) is 140. The highest BCUT2D eigenvalue weighted by molar-refractivity contribution is 9.10. The van der Waals surface area contributed by atoms with Crippen LogP contribution in [0, 0.1) is 13.8 Å². The fourth-order valence-corrected chi connectivity index (χ4v) is 8.24. The number of halogens is 4. The second-order valence-electron chi connectivity index (χ2n) is 15.3. The predicted molar refractivity (Wildman–Crippen MR) is 293 cm³/mol.